The Morgan fingerprint density at radius 2 is 1.86 bits per heavy atom. The molecule has 3 N–H and O–H groups in total. The number of likely N-dealkylation sites (N-methyl/N-ethyl adjacent to an activating group) is 1. The number of hydrogen-bond donors (Lipinski definition) is 3. The third kappa shape index (κ3) is 6.23. The van der Waals surface area contributed by atoms with E-state index in [1.54, 1.807) is 6.07 Å². The fourth-order valence-corrected chi connectivity index (χ4v) is 7.39. The van der Waals surface area contributed by atoms with Gasteiger partial charge in [0, 0.05) is 73.9 Å². The molecular formula is C29H35F2N7O4S. The van der Waals surface area contributed by atoms with E-state index in [-0.39, 0.29) is 18.9 Å². The lowest BCUT2D eigenvalue weighted by Gasteiger charge is -2.30. The van der Waals surface area contributed by atoms with Crippen molar-refractivity contribution in [1.29, 1.82) is 0 Å². The lowest BCUT2D eigenvalue weighted by Crippen LogP contribution is -2.36. The van der Waals surface area contributed by atoms with Crippen molar-refractivity contribution in [3.8, 4) is 0 Å². The number of likely N-dealkylation sites (tertiary alicyclic amines) is 1. The maximum absolute atomic E-state index is 13.8. The largest absolute Gasteiger partial charge is 0.383 e. The van der Waals surface area contributed by atoms with Gasteiger partial charge in [0.1, 0.15) is 11.6 Å². The number of hydrogen-bond acceptors (Lipinski definition) is 8. The highest BCUT2D eigenvalue weighted by molar-refractivity contribution is 7.89. The maximum Gasteiger partial charge on any atom is 0.258 e. The Balaban J connectivity index is 1.23. The quantitative estimate of drug-likeness (QED) is 0.354. The summed E-state index contributed by atoms with van der Waals surface area (Å²) in [6, 6.07) is 8.27. The number of fused-ring (bicyclic) bond motifs is 1. The fourth-order valence-electron chi connectivity index (χ4n) is 5.94. The lowest BCUT2D eigenvalue weighted by molar-refractivity contribution is 0.102. The van der Waals surface area contributed by atoms with E-state index >= 15 is 0 Å². The summed E-state index contributed by atoms with van der Waals surface area (Å²) >= 11 is 0. The van der Waals surface area contributed by atoms with Crippen molar-refractivity contribution in [1.82, 2.24) is 19.4 Å². The molecule has 0 bridgehead atoms. The minimum atomic E-state index is -4.20. The van der Waals surface area contributed by atoms with Gasteiger partial charge in [-0.3, -0.25) is 9.89 Å². The van der Waals surface area contributed by atoms with Crippen LogP contribution < -0.4 is 15.5 Å². The number of morpholine rings is 1. The number of aromatic nitrogens is 2. The average Bonchev–Trinajstić information content (AvgIpc) is 3.60. The van der Waals surface area contributed by atoms with E-state index in [9.17, 15) is 22.0 Å². The predicted molar refractivity (Wildman–Crippen MR) is 158 cm³/mol. The Bertz CT molecular complexity index is 1590. The molecule has 14 heteroatoms. The number of nitrogens with zero attached hydrogens (tertiary/aromatic N) is 4. The molecule has 3 aliphatic rings. The number of aromatic amines is 1. The van der Waals surface area contributed by atoms with Gasteiger partial charge in [-0.1, -0.05) is 0 Å². The summed E-state index contributed by atoms with van der Waals surface area (Å²) in [5.74, 6) is -2.13. The summed E-state index contributed by atoms with van der Waals surface area (Å²) < 4.78 is 60.7. The smallest absolute Gasteiger partial charge is 0.258 e. The van der Waals surface area contributed by atoms with Crippen LogP contribution in [0.2, 0.25) is 0 Å². The highest BCUT2D eigenvalue weighted by Gasteiger charge is 2.32. The molecule has 2 fully saturated rings. The molecule has 1 atom stereocenters. The average molecular weight is 616 g/mol. The number of H-pyrrole nitrogens is 1. The zero-order chi connectivity index (χ0) is 30.1. The standard InChI is InChI=1S/C29H35F2N7O4S/c1-36-7-2-3-22(36)17-32-27-16-21(37-9-11-42-12-10-37)4-5-24(27)29(39)33-28-25-18-38(8-6-26(25)34-35-28)43(40,41)23-14-19(30)13-20(31)15-23/h4-5,13-16,22,32H,2-3,6-12,17-18H2,1H3,(H2,33,34,35,39)/t22-/m1/s1. The van der Waals surface area contributed by atoms with E-state index in [2.05, 4.69) is 37.7 Å². The summed E-state index contributed by atoms with van der Waals surface area (Å²) in [6.07, 6.45) is 2.51. The molecule has 4 heterocycles. The van der Waals surface area contributed by atoms with Crippen LogP contribution in [0.5, 0.6) is 0 Å². The molecule has 3 aliphatic heterocycles. The van der Waals surface area contributed by atoms with E-state index in [0.29, 0.717) is 60.8 Å². The molecule has 43 heavy (non-hydrogen) atoms. The second-order valence-corrected chi connectivity index (χ2v) is 13.1. The number of amides is 1. The first-order chi connectivity index (χ1) is 20.7. The summed E-state index contributed by atoms with van der Waals surface area (Å²) in [7, 11) is -2.09. The minimum absolute atomic E-state index is 0.0930. The summed E-state index contributed by atoms with van der Waals surface area (Å²) in [5.41, 5.74) is 3.33. The molecule has 1 amide bonds. The summed E-state index contributed by atoms with van der Waals surface area (Å²) in [4.78, 5) is 17.7. The van der Waals surface area contributed by atoms with Gasteiger partial charge < -0.3 is 25.2 Å². The lowest BCUT2D eigenvalue weighted by atomic mass is 10.1. The second kappa shape index (κ2) is 12.2. The number of carbonyl (C=O) groups is 1. The van der Waals surface area contributed by atoms with Gasteiger partial charge in [0.25, 0.3) is 5.91 Å². The number of rotatable bonds is 8. The molecule has 3 aromatic rings. The molecule has 230 valence electrons. The Hall–Kier alpha value is -3.59. The normalized spacial score (nSPS) is 19.8. The summed E-state index contributed by atoms with van der Waals surface area (Å²) in [5, 5.41) is 13.5. The number of sulfonamides is 1. The highest BCUT2D eigenvalue weighted by atomic mass is 32.2. The van der Waals surface area contributed by atoms with Crippen LogP contribution in [0.25, 0.3) is 0 Å². The third-order valence-electron chi connectivity index (χ3n) is 8.43. The van der Waals surface area contributed by atoms with Gasteiger partial charge in [-0.05, 0) is 56.8 Å². The predicted octanol–water partition coefficient (Wildman–Crippen LogP) is 3.03. The van der Waals surface area contributed by atoms with Crippen LogP contribution in [0.15, 0.2) is 41.3 Å². The second-order valence-electron chi connectivity index (χ2n) is 11.2. The SMILES string of the molecule is CN1CCC[C@@H]1CNc1cc(N2CCOCC2)ccc1C(=O)Nc1n[nH]c2c1CN(S(=O)(=O)c1cc(F)cc(F)c1)CC2. The van der Waals surface area contributed by atoms with Gasteiger partial charge in [-0.25, -0.2) is 17.2 Å². The van der Waals surface area contributed by atoms with E-state index < -0.39 is 32.5 Å². The first kappa shape index (κ1) is 29.5. The Kier molecular flexibility index (Phi) is 8.36. The summed E-state index contributed by atoms with van der Waals surface area (Å²) in [6.45, 7) is 4.51. The van der Waals surface area contributed by atoms with E-state index in [0.717, 1.165) is 54.6 Å². The fraction of sp³-hybridized carbons (Fsp3) is 0.448. The molecule has 0 aliphatic carbocycles. The molecule has 0 radical (unpaired) electrons. The van der Waals surface area contributed by atoms with Crippen LogP contribution >= 0.6 is 0 Å². The van der Waals surface area contributed by atoms with Crippen molar-refractivity contribution >= 4 is 33.1 Å². The van der Waals surface area contributed by atoms with Crippen molar-refractivity contribution in [2.24, 2.45) is 0 Å². The molecule has 0 unspecified atom stereocenters. The zero-order valence-corrected chi connectivity index (χ0v) is 24.7. The molecule has 6 rings (SSSR count). The first-order valence-corrected chi connectivity index (χ1v) is 15.9. The van der Waals surface area contributed by atoms with Gasteiger partial charge >= 0.3 is 0 Å². The number of carbonyl (C=O) groups excluding carboxylic acids is 1. The maximum atomic E-state index is 13.8. The van der Waals surface area contributed by atoms with Crippen molar-refractivity contribution in [2.45, 2.75) is 36.7 Å². The van der Waals surface area contributed by atoms with Gasteiger partial charge in [0.2, 0.25) is 10.0 Å². The number of nitrogens with one attached hydrogen (secondary N) is 3. The molecule has 11 nitrogen and oxygen atoms in total. The van der Waals surface area contributed by atoms with Crippen LogP contribution in [0.1, 0.15) is 34.5 Å². The third-order valence-corrected chi connectivity index (χ3v) is 10.3. The van der Waals surface area contributed by atoms with E-state index in [1.807, 2.05) is 12.1 Å². The molecule has 1 aromatic heterocycles. The van der Waals surface area contributed by atoms with Crippen LogP contribution in [0.3, 0.4) is 0 Å². The minimum Gasteiger partial charge on any atom is -0.383 e. The Morgan fingerprint density at radius 3 is 2.58 bits per heavy atom. The van der Waals surface area contributed by atoms with Gasteiger partial charge in [0.05, 0.1) is 23.7 Å². The zero-order valence-electron chi connectivity index (χ0n) is 23.9. The monoisotopic (exact) mass is 615 g/mol. The number of anilines is 3. The molecular weight excluding hydrogens is 580 g/mol. The van der Waals surface area contributed by atoms with Crippen LogP contribution in [-0.2, 0) is 27.7 Å². The van der Waals surface area contributed by atoms with Crippen molar-refractivity contribution in [2.75, 3.05) is 68.5 Å². The van der Waals surface area contributed by atoms with Gasteiger partial charge in [-0.15, -0.1) is 0 Å². The molecule has 0 saturated carbocycles. The number of ether oxygens (including phenoxy) is 1. The van der Waals surface area contributed by atoms with Gasteiger partial charge in [0.15, 0.2) is 5.82 Å². The van der Waals surface area contributed by atoms with Crippen LogP contribution in [0.4, 0.5) is 26.0 Å². The van der Waals surface area contributed by atoms with Crippen molar-refractivity contribution in [3.05, 3.63) is 64.9 Å². The highest BCUT2D eigenvalue weighted by Crippen LogP contribution is 2.31. The topological polar surface area (TPSA) is 123 Å². The Morgan fingerprint density at radius 1 is 1.09 bits per heavy atom. The van der Waals surface area contributed by atoms with E-state index in [1.165, 1.54) is 0 Å². The molecule has 0 spiro atoms. The first-order valence-electron chi connectivity index (χ1n) is 14.4. The van der Waals surface area contributed by atoms with Crippen LogP contribution in [0, 0.1) is 11.6 Å². The Labute approximate surface area is 249 Å². The number of benzene rings is 2. The molecule has 2 aromatic carbocycles. The van der Waals surface area contributed by atoms with Crippen LogP contribution in [-0.4, -0.2) is 92.8 Å². The van der Waals surface area contributed by atoms with E-state index in [4.69, 9.17) is 4.74 Å². The number of halogens is 2. The molecule has 2 saturated heterocycles. The van der Waals surface area contributed by atoms with Crippen molar-refractivity contribution in [3.63, 3.8) is 0 Å². The van der Waals surface area contributed by atoms with Crippen molar-refractivity contribution < 1.29 is 26.7 Å². The van der Waals surface area contributed by atoms with Gasteiger partial charge in [-0.2, -0.15) is 9.40 Å².